The molecule has 0 amide bonds. The molecule has 0 radical (unpaired) electrons. The molecule has 2 aromatic rings. The van der Waals surface area contributed by atoms with Crippen molar-refractivity contribution >= 4 is 27.3 Å². The second kappa shape index (κ2) is 5.43. The third-order valence-corrected chi connectivity index (χ3v) is 4.64. The fourth-order valence-corrected chi connectivity index (χ4v) is 3.24. The molecular formula is C14H15BrO2S. The van der Waals surface area contributed by atoms with Gasteiger partial charge in [-0.2, -0.15) is 0 Å². The van der Waals surface area contributed by atoms with E-state index in [-0.39, 0.29) is 0 Å². The Morgan fingerprint density at radius 2 is 2.00 bits per heavy atom. The molecule has 1 N–H and O–H groups in total. The van der Waals surface area contributed by atoms with E-state index in [0.29, 0.717) is 5.75 Å². The van der Waals surface area contributed by atoms with Crippen LogP contribution in [-0.2, 0) is 0 Å². The maximum Gasteiger partial charge on any atom is 0.125 e. The Labute approximate surface area is 119 Å². The molecule has 18 heavy (non-hydrogen) atoms. The van der Waals surface area contributed by atoms with Crippen LogP contribution in [0.2, 0.25) is 0 Å². The second-order valence-electron chi connectivity index (χ2n) is 4.18. The first-order valence-electron chi connectivity index (χ1n) is 5.61. The molecule has 0 aliphatic heterocycles. The van der Waals surface area contributed by atoms with Gasteiger partial charge in [0, 0.05) is 19.8 Å². The Bertz CT molecular complexity index is 543. The van der Waals surface area contributed by atoms with Gasteiger partial charge in [-0.05, 0) is 43.7 Å². The number of methoxy groups -OCH3 is 1. The van der Waals surface area contributed by atoms with Gasteiger partial charge in [0.25, 0.3) is 0 Å². The molecule has 2 nitrogen and oxygen atoms in total. The fraction of sp³-hybridized carbons (Fsp3) is 0.286. The first-order valence-corrected chi connectivity index (χ1v) is 7.22. The normalized spacial score (nSPS) is 12.5. The van der Waals surface area contributed by atoms with E-state index in [1.54, 1.807) is 18.4 Å². The number of rotatable bonds is 3. The van der Waals surface area contributed by atoms with E-state index in [0.717, 1.165) is 14.9 Å². The number of aliphatic hydroxyl groups excluding tert-OH is 1. The zero-order valence-electron chi connectivity index (χ0n) is 10.5. The van der Waals surface area contributed by atoms with Crippen LogP contribution in [0.5, 0.6) is 5.75 Å². The lowest BCUT2D eigenvalue weighted by molar-refractivity contribution is 0.218. The van der Waals surface area contributed by atoms with Crippen LogP contribution in [0, 0.1) is 13.8 Å². The van der Waals surface area contributed by atoms with Gasteiger partial charge in [-0.25, -0.2) is 0 Å². The van der Waals surface area contributed by atoms with Crippen LogP contribution in [0.15, 0.2) is 28.7 Å². The minimum Gasteiger partial charge on any atom is -0.496 e. The largest absolute Gasteiger partial charge is 0.496 e. The zero-order valence-corrected chi connectivity index (χ0v) is 12.9. The van der Waals surface area contributed by atoms with E-state index >= 15 is 0 Å². The van der Waals surface area contributed by atoms with Crippen molar-refractivity contribution in [2.24, 2.45) is 0 Å². The van der Waals surface area contributed by atoms with Crippen LogP contribution in [0.1, 0.15) is 27.0 Å². The predicted octanol–water partition coefficient (Wildman–Crippen LogP) is 4.22. The van der Waals surface area contributed by atoms with Gasteiger partial charge >= 0.3 is 0 Å². The summed E-state index contributed by atoms with van der Waals surface area (Å²) in [6, 6.07) is 7.69. The number of hydrogen-bond donors (Lipinski definition) is 1. The van der Waals surface area contributed by atoms with Crippen molar-refractivity contribution < 1.29 is 9.84 Å². The molecule has 1 aromatic heterocycles. The summed E-state index contributed by atoms with van der Waals surface area (Å²) in [5.41, 5.74) is 2.00. The van der Waals surface area contributed by atoms with Gasteiger partial charge in [0.05, 0.1) is 7.11 Å². The van der Waals surface area contributed by atoms with Gasteiger partial charge in [0.15, 0.2) is 0 Å². The van der Waals surface area contributed by atoms with Gasteiger partial charge in [0.1, 0.15) is 11.9 Å². The van der Waals surface area contributed by atoms with Crippen LogP contribution in [-0.4, -0.2) is 12.2 Å². The third kappa shape index (κ3) is 2.60. The van der Waals surface area contributed by atoms with Crippen LogP contribution < -0.4 is 4.74 Å². The molecule has 0 spiro atoms. The lowest BCUT2D eigenvalue weighted by atomic mass is 10.1. The summed E-state index contributed by atoms with van der Waals surface area (Å²) in [7, 11) is 1.62. The Balaban J connectivity index is 2.44. The van der Waals surface area contributed by atoms with Crippen molar-refractivity contribution in [3.05, 3.63) is 49.6 Å². The molecule has 0 aliphatic carbocycles. The second-order valence-corrected chi connectivity index (χ2v) is 6.38. The molecule has 0 bridgehead atoms. The highest BCUT2D eigenvalue weighted by molar-refractivity contribution is 9.10. The molecule has 4 heteroatoms. The van der Waals surface area contributed by atoms with Gasteiger partial charge in [0.2, 0.25) is 0 Å². The number of halogens is 1. The molecule has 96 valence electrons. The fourth-order valence-electron chi connectivity index (χ4n) is 1.81. The van der Waals surface area contributed by atoms with E-state index in [1.807, 2.05) is 24.3 Å². The smallest absolute Gasteiger partial charge is 0.125 e. The van der Waals surface area contributed by atoms with Crippen molar-refractivity contribution in [2.45, 2.75) is 20.0 Å². The summed E-state index contributed by atoms with van der Waals surface area (Å²) in [5.74, 6) is 0.703. The zero-order chi connectivity index (χ0) is 13.3. The van der Waals surface area contributed by atoms with Crippen LogP contribution in [0.25, 0.3) is 0 Å². The Morgan fingerprint density at radius 1 is 1.28 bits per heavy atom. The summed E-state index contributed by atoms with van der Waals surface area (Å²) in [5, 5.41) is 10.5. The van der Waals surface area contributed by atoms with Gasteiger partial charge in [-0.15, -0.1) is 11.3 Å². The van der Waals surface area contributed by atoms with E-state index in [4.69, 9.17) is 4.74 Å². The van der Waals surface area contributed by atoms with Gasteiger partial charge < -0.3 is 9.84 Å². The lowest BCUT2D eigenvalue weighted by Gasteiger charge is -2.14. The summed E-state index contributed by atoms with van der Waals surface area (Å²) in [6.45, 7) is 4.12. The highest BCUT2D eigenvalue weighted by Crippen LogP contribution is 2.36. The standard InChI is InChI=1S/C14H15BrO2S/c1-8-6-13(18-9(8)2)14(16)11-7-10(15)4-5-12(11)17-3/h4-7,14,16H,1-3H3. The van der Waals surface area contributed by atoms with E-state index in [2.05, 4.69) is 29.8 Å². The van der Waals surface area contributed by atoms with Gasteiger partial charge in [-0.1, -0.05) is 15.9 Å². The Hall–Kier alpha value is -0.840. The van der Waals surface area contributed by atoms with Crippen molar-refractivity contribution in [2.75, 3.05) is 7.11 Å². The maximum absolute atomic E-state index is 10.5. The number of thiophene rings is 1. The molecule has 1 heterocycles. The van der Waals surface area contributed by atoms with Crippen LogP contribution in [0.3, 0.4) is 0 Å². The molecular weight excluding hydrogens is 312 g/mol. The van der Waals surface area contributed by atoms with Crippen LogP contribution >= 0.6 is 27.3 Å². The summed E-state index contributed by atoms with van der Waals surface area (Å²) in [4.78, 5) is 2.18. The lowest BCUT2D eigenvalue weighted by Crippen LogP contribution is -2.00. The Morgan fingerprint density at radius 3 is 2.56 bits per heavy atom. The molecule has 0 fully saturated rings. The van der Waals surface area contributed by atoms with E-state index < -0.39 is 6.10 Å². The number of ether oxygens (including phenoxy) is 1. The van der Waals surface area contributed by atoms with E-state index in [1.165, 1.54) is 10.4 Å². The Kier molecular flexibility index (Phi) is 4.10. The maximum atomic E-state index is 10.5. The average molecular weight is 327 g/mol. The molecule has 1 atom stereocenters. The quantitative estimate of drug-likeness (QED) is 0.915. The number of aliphatic hydroxyl groups is 1. The summed E-state index contributed by atoms with van der Waals surface area (Å²) < 4.78 is 6.24. The molecule has 0 saturated heterocycles. The minimum atomic E-state index is -0.644. The summed E-state index contributed by atoms with van der Waals surface area (Å²) in [6.07, 6.45) is -0.644. The first-order chi connectivity index (χ1) is 8.52. The molecule has 0 aliphatic rings. The van der Waals surface area contributed by atoms with Crippen molar-refractivity contribution in [3.8, 4) is 5.75 Å². The highest BCUT2D eigenvalue weighted by Gasteiger charge is 2.18. The minimum absolute atomic E-state index is 0.644. The molecule has 2 rings (SSSR count). The van der Waals surface area contributed by atoms with Crippen molar-refractivity contribution in [1.29, 1.82) is 0 Å². The monoisotopic (exact) mass is 326 g/mol. The number of hydrogen-bond acceptors (Lipinski definition) is 3. The van der Waals surface area contributed by atoms with Crippen molar-refractivity contribution in [1.82, 2.24) is 0 Å². The average Bonchev–Trinajstić information content (AvgIpc) is 2.68. The van der Waals surface area contributed by atoms with Crippen molar-refractivity contribution in [3.63, 3.8) is 0 Å². The van der Waals surface area contributed by atoms with E-state index in [9.17, 15) is 5.11 Å². The van der Waals surface area contributed by atoms with Crippen LogP contribution in [0.4, 0.5) is 0 Å². The summed E-state index contributed by atoms with van der Waals surface area (Å²) >= 11 is 5.04. The number of aryl methyl sites for hydroxylation is 2. The first kappa shape index (κ1) is 13.6. The molecule has 1 unspecified atom stereocenters. The van der Waals surface area contributed by atoms with Gasteiger partial charge in [-0.3, -0.25) is 0 Å². The predicted molar refractivity (Wildman–Crippen MR) is 78.5 cm³/mol. The SMILES string of the molecule is COc1ccc(Br)cc1C(O)c1cc(C)c(C)s1. The molecule has 1 aromatic carbocycles. The topological polar surface area (TPSA) is 29.5 Å². The number of benzene rings is 1. The highest BCUT2D eigenvalue weighted by atomic mass is 79.9. The molecule has 0 saturated carbocycles. The third-order valence-electron chi connectivity index (χ3n) is 2.94.